The number of Topliss-reactive ketones (excluding diaryl/α,β-unsaturated/α-hetero) is 1. The number of rotatable bonds is 3. The minimum Gasteiger partial charge on any atom is -0.504 e. The first kappa shape index (κ1) is 22.1. The Bertz CT molecular complexity index is 1280. The minimum absolute atomic E-state index is 0.00441. The minimum atomic E-state index is -0.978. The SMILES string of the molecule is COc1ccc(C2C3=C(CC(C)(C)CC3=O)N(c3ccccc3C#N)C(=N)C2C#N)cc1O. The van der Waals surface area contributed by atoms with Crippen LogP contribution in [0.4, 0.5) is 5.69 Å². The first-order chi connectivity index (χ1) is 15.7. The Morgan fingerprint density at radius 1 is 1.18 bits per heavy atom. The Hall–Kier alpha value is -4.10. The van der Waals surface area contributed by atoms with Gasteiger partial charge in [-0.2, -0.15) is 10.5 Å². The second-order valence-electron chi connectivity index (χ2n) is 9.17. The molecule has 1 aliphatic carbocycles. The fourth-order valence-corrected chi connectivity index (χ4v) is 4.90. The lowest BCUT2D eigenvalue weighted by Gasteiger charge is -2.46. The van der Waals surface area contributed by atoms with Gasteiger partial charge in [0.05, 0.1) is 24.4 Å². The standard InChI is InChI=1S/C26H24N4O3/c1-26(2)11-19-24(21(32)12-26)23(15-8-9-22(33-3)20(31)10-15)17(14-28)25(29)30(19)18-7-5-4-6-16(18)13-27/h4-10,17,23,29,31H,11-12H2,1-3H3. The van der Waals surface area contributed by atoms with E-state index in [-0.39, 0.29) is 28.5 Å². The maximum absolute atomic E-state index is 13.5. The van der Waals surface area contributed by atoms with Crippen molar-refractivity contribution in [3.8, 4) is 23.6 Å². The first-order valence-corrected chi connectivity index (χ1v) is 10.6. The Morgan fingerprint density at radius 2 is 1.91 bits per heavy atom. The third kappa shape index (κ3) is 3.62. The highest BCUT2D eigenvalue weighted by atomic mass is 16.5. The summed E-state index contributed by atoms with van der Waals surface area (Å²) in [7, 11) is 1.45. The molecule has 2 aliphatic rings. The predicted octanol–water partition coefficient (Wildman–Crippen LogP) is 4.64. The van der Waals surface area contributed by atoms with Crippen LogP contribution in [0, 0.1) is 39.4 Å². The van der Waals surface area contributed by atoms with Gasteiger partial charge in [0.2, 0.25) is 0 Å². The Morgan fingerprint density at radius 3 is 2.55 bits per heavy atom. The first-order valence-electron chi connectivity index (χ1n) is 10.6. The molecule has 7 nitrogen and oxygen atoms in total. The van der Waals surface area contributed by atoms with Crippen molar-refractivity contribution < 1.29 is 14.6 Å². The number of hydrogen-bond donors (Lipinski definition) is 2. The van der Waals surface area contributed by atoms with Gasteiger partial charge in [-0.25, -0.2) is 0 Å². The number of phenols is 1. The van der Waals surface area contributed by atoms with Crippen molar-refractivity contribution in [3.05, 3.63) is 64.9 Å². The number of carbonyl (C=O) groups is 1. The largest absolute Gasteiger partial charge is 0.504 e. The molecule has 0 amide bonds. The highest BCUT2D eigenvalue weighted by molar-refractivity contribution is 6.11. The molecule has 0 aromatic heterocycles. The van der Waals surface area contributed by atoms with Crippen molar-refractivity contribution in [2.45, 2.75) is 32.6 Å². The number of ether oxygens (including phenoxy) is 1. The quantitative estimate of drug-likeness (QED) is 0.717. The smallest absolute Gasteiger partial charge is 0.161 e. The van der Waals surface area contributed by atoms with Gasteiger partial charge in [-0.3, -0.25) is 15.1 Å². The lowest BCUT2D eigenvalue weighted by Crippen LogP contribution is -2.48. The van der Waals surface area contributed by atoms with Crippen LogP contribution < -0.4 is 9.64 Å². The molecular formula is C26H24N4O3. The van der Waals surface area contributed by atoms with Gasteiger partial charge in [0.15, 0.2) is 17.3 Å². The molecule has 0 saturated heterocycles. The molecule has 2 atom stereocenters. The number of para-hydroxylation sites is 1. The molecule has 0 fully saturated rings. The Kier molecular flexibility index (Phi) is 5.43. The van der Waals surface area contributed by atoms with E-state index in [1.807, 2.05) is 13.8 Å². The zero-order valence-corrected chi connectivity index (χ0v) is 18.7. The molecule has 1 aliphatic heterocycles. The molecule has 2 unspecified atom stereocenters. The summed E-state index contributed by atoms with van der Waals surface area (Å²) in [5, 5.41) is 39.2. The van der Waals surface area contributed by atoms with Crippen LogP contribution in [0.25, 0.3) is 0 Å². The van der Waals surface area contributed by atoms with Crippen LogP contribution in [0.15, 0.2) is 53.7 Å². The zero-order chi connectivity index (χ0) is 23.9. The number of benzene rings is 2. The van der Waals surface area contributed by atoms with Gasteiger partial charge in [-0.15, -0.1) is 0 Å². The molecule has 0 bridgehead atoms. The molecule has 33 heavy (non-hydrogen) atoms. The second-order valence-corrected chi connectivity index (χ2v) is 9.17. The molecule has 2 aromatic rings. The van der Waals surface area contributed by atoms with E-state index in [0.717, 1.165) is 0 Å². The van der Waals surface area contributed by atoms with E-state index in [9.17, 15) is 20.4 Å². The van der Waals surface area contributed by atoms with E-state index in [1.165, 1.54) is 13.2 Å². The van der Waals surface area contributed by atoms with Crippen molar-refractivity contribution in [2.24, 2.45) is 11.3 Å². The molecular weight excluding hydrogens is 416 g/mol. The molecule has 0 radical (unpaired) electrons. The van der Waals surface area contributed by atoms with Crippen molar-refractivity contribution in [2.75, 3.05) is 12.0 Å². The van der Waals surface area contributed by atoms with Crippen LogP contribution >= 0.6 is 0 Å². The van der Waals surface area contributed by atoms with Gasteiger partial charge in [-0.1, -0.05) is 32.0 Å². The van der Waals surface area contributed by atoms with E-state index < -0.39 is 11.8 Å². The van der Waals surface area contributed by atoms with Crippen LogP contribution in [0.2, 0.25) is 0 Å². The monoisotopic (exact) mass is 440 g/mol. The van der Waals surface area contributed by atoms with Gasteiger partial charge in [0.1, 0.15) is 17.8 Å². The second kappa shape index (κ2) is 8.11. The molecule has 4 rings (SSSR count). The molecule has 0 saturated carbocycles. The number of aromatic hydroxyl groups is 1. The number of amidine groups is 1. The molecule has 7 heteroatoms. The van der Waals surface area contributed by atoms with E-state index in [2.05, 4.69) is 12.1 Å². The van der Waals surface area contributed by atoms with Crippen LogP contribution in [0.5, 0.6) is 11.5 Å². The summed E-state index contributed by atoms with van der Waals surface area (Å²) in [4.78, 5) is 15.1. The number of hydrogen-bond acceptors (Lipinski definition) is 6. The summed E-state index contributed by atoms with van der Waals surface area (Å²) < 4.78 is 5.14. The van der Waals surface area contributed by atoms with E-state index in [4.69, 9.17) is 10.1 Å². The summed E-state index contributed by atoms with van der Waals surface area (Å²) in [6.07, 6.45) is 0.816. The van der Waals surface area contributed by atoms with Gasteiger partial charge in [0.25, 0.3) is 0 Å². The molecule has 0 spiro atoms. The van der Waals surface area contributed by atoms with E-state index >= 15 is 0 Å². The summed E-state index contributed by atoms with van der Waals surface area (Å²) >= 11 is 0. The molecule has 166 valence electrons. The molecule has 1 heterocycles. The number of nitriles is 2. The van der Waals surface area contributed by atoms with Crippen LogP contribution in [0.1, 0.15) is 43.7 Å². The fraction of sp³-hybridized carbons (Fsp3) is 0.308. The number of phenolic OH excluding ortho intramolecular Hbond substituents is 1. The highest BCUT2D eigenvalue weighted by Gasteiger charge is 2.48. The predicted molar refractivity (Wildman–Crippen MR) is 123 cm³/mol. The average Bonchev–Trinajstić information content (AvgIpc) is 2.77. The number of ketones is 1. The molecule has 2 N–H and O–H groups in total. The van der Waals surface area contributed by atoms with E-state index in [0.29, 0.717) is 40.9 Å². The van der Waals surface area contributed by atoms with Gasteiger partial charge >= 0.3 is 0 Å². The summed E-state index contributed by atoms with van der Waals surface area (Å²) in [6, 6.07) is 16.1. The van der Waals surface area contributed by atoms with E-state index in [1.54, 1.807) is 41.3 Å². The van der Waals surface area contributed by atoms with Crippen molar-refractivity contribution >= 4 is 17.3 Å². The number of nitrogens with zero attached hydrogens (tertiary/aromatic N) is 3. The van der Waals surface area contributed by atoms with Crippen molar-refractivity contribution in [1.82, 2.24) is 0 Å². The number of allylic oxidation sites excluding steroid dienone is 2. The van der Waals surface area contributed by atoms with Crippen molar-refractivity contribution in [1.29, 1.82) is 15.9 Å². The number of nitrogens with one attached hydrogen (secondary N) is 1. The summed E-state index contributed by atoms with van der Waals surface area (Å²) in [5.41, 5.74) is 2.17. The zero-order valence-electron chi connectivity index (χ0n) is 18.7. The topological polar surface area (TPSA) is 121 Å². The van der Waals surface area contributed by atoms with Gasteiger partial charge in [-0.05, 0) is 41.7 Å². The van der Waals surface area contributed by atoms with Crippen LogP contribution in [0.3, 0.4) is 0 Å². The number of methoxy groups -OCH3 is 1. The maximum atomic E-state index is 13.5. The maximum Gasteiger partial charge on any atom is 0.161 e. The van der Waals surface area contributed by atoms with Gasteiger partial charge in [0, 0.05) is 23.6 Å². The third-order valence-corrected chi connectivity index (χ3v) is 6.31. The summed E-state index contributed by atoms with van der Waals surface area (Å²) in [5.74, 6) is -1.58. The Balaban J connectivity index is 2.01. The normalized spacial score (nSPS) is 21.8. The van der Waals surface area contributed by atoms with Crippen LogP contribution in [-0.4, -0.2) is 23.8 Å². The highest BCUT2D eigenvalue weighted by Crippen LogP contribution is 2.51. The lowest BCUT2D eigenvalue weighted by molar-refractivity contribution is -0.118. The summed E-state index contributed by atoms with van der Waals surface area (Å²) in [6.45, 7) is 3.99. The molecule has 2 aromatic carbocycles. The van der Waals surface area contributed by atoms with Crippen molar-refractivity contribution in [3.63, 3.8) is 0 Å². The van der Waals surface area contributed by atoms with Gasteiger partial charge < -0.3 is 9.84 Å². The lowest BCUT2D eigenvalue weighted by atomic mass is 9.66. The Labute approximate surface area is 192 Å². The van der Waals surface area contributed by atoms with Crippen LogP contribution in [-0.2, 0) is 4.79 Å². The number of anilines is 1. The third-order valence-electron chi connectivity index (χ3n) is 6.31. The average molecular weight is 441 g/mol. The number of carbonyl (C=O) groups excluding carboxylic acids is 1. The fourth-order valence-electron chi connectivity index (χ4n) is 4.90.